The van der Waals surface area contributed by atoms with E-state index in [9.17, 15) is 5.11 Å². The van der Waals surface area contributed by atoms with Crippen molar-refractivity contribution in [2.24, 2.45) is 0 Å². The van der Waals surface area contributed by atoms with Crippen LogP contribution in [0, 0.1) is 0 Å². The number of methoxy groups -OCH3 is 3. The van der Waals surface area contributed by atoms with Crippen molar-refractivity contribution in [2.45, 2.75) is 6.10 Å². The molecule has 0 saturated carbocycles. The van der Waals surface area contributed by atoms with Crippen molar-refractivity contribution in [2.75, 3.05) is 27.9 Å². The molecule has 0 aliphatic carbocycles. The van der Waals surface area contributed by atoms with Crippen LogP contribution >= 0.6 is 0 Å². The lowest BCUT2D eigenvalue weighted by Gasteiger charge is -2.13. The molecule has 0 radical (unpaired) electrons. The highest BCUT2D eigenvalue weighted by atomic mass is 16.5. The zero-order chi connectivity index (χ0) is 11.3. The Bertz CT molecular complexity index is 311. The predicted octanol–water partition coefficient (Wildman–Crippen LogP) is 1.38. The van der Waals surface area contributed by atoms with Gasteiger partial charge in [0.2, 0.25) is 0 Å². The molecule has 0 amide bonds. The van der Waals surface area contributed by atoms with Crippen LogP contribution in [0.5, 0.6) is 11.5 Å². The monoisotopic (exact) mass is 212 g/mol. The molecule has 0 aliphatic heterocycles. The number of aliphatic hydroxyl groups excluding tert-OH is 1. The zero-order valence-electron chi connectivity index (χ0n) is 9.19. The summed E-state index contributed by atoms with van der Waals surface area (Å²) in [5.74, 6) is 1.25. The Morgan fingerprint density at radius 3 is 2.33 bits per heavy atom. The summed E-state index contributed by atoms with van der Waals surface area (Å²) in [5, 5.41) is 9.68. The van der Waals surface area contributed by atoms with E-state index in [1.54, 1.807) is 39.5 Å². The molecule has 0 bridgehead atoms. The van der Waals surface area contributed by atoms with E-state index in [-0.39, 0.29) is 6.61 Å². The number of hydrogen-bond acceptors (Lipinski definition) is 4. The van der Waals surface area contributed by atoms with Crippen molar-refractivity contribution in [3.05, 3.63) is 23.8 Å². The van der Waals surface area contributed by atoms with Gasteiger partial charge < -0.3 is 19.3 Å². The van der Waals surface area contributed by atoms with Crippen LogP contribution in [0.25, 0.3) is 0 Å². The Hall–Kier alpha value is -1.26. The van der Waals surface area contributed by atoms with E-state index >= 15 is 0 Å². The molecule has 4 heteroatoms. The maximum atomic E-state index is 9.68. The number of benzene rings is 1. The summed E-state index contributed by atoms with van der Waals surface area (Å²) >= 11 is 0. The molecule has 1 rings (SSSR count). The third kappa shape index (κ3) is 2.84. The molecular weight excluding hydrogens is 196 g/mol. The largest absolute Gasteiger partial charge is 0.493 e. The van der Waals surface area contributed by atoms with Gasteiger partial charge >= 0.3 is 0 Å². The Morgan fingerprint density at radius 1 is 1.13 bits per heavy atom. The van der Waals surface area contributed by atoms with E-state index in [0.29, 0.717) is 11.5 Å². The lowest BCUT2D eigenvalue weighted by atomic mass is 10.1. The van der Waals surface area contributed by atoms with Crippen molar-refractivity contribution in [3.8, 4) is 11.5 Å². The van der Waals surface area contributed by atoms with Gasteiger partial charge in [-0.05, 0) is 17.7 Å². The average Bonchev–Trinajstić information content (AvgIpc) is 2.28. The minimum atomic E-state index is -0.644. The Balaban J connectivity index is 2.92. The molecule has 1 atom stereocenters. The van der Waals surface area contributed by atoms with E-state index in [2.05, 4.69) is 0 Å². The molecular formula is C11H16O4. The second-order valence-corrected chi connectivity index (χ2v) is 3.09. The summed E-state index contributed by atoms with van der Waals surface area (Å²) in [6.45, 7) is 0.259. The van der Waals surface area contributed by atoms with E-state index in [1.165, 1.54) is 0 Å². The average molecular weight is 212 g/mol. The van der Waals surface area contributed by atoms with Crippen molar-refractivity contribution >= 4 is 0 Å². The van der Waals surface area contributed by atoms with Gasteiger partial charge in [-0.1, -0.05) is 6.07 Å². The minimum Gasteiger partial charge on any atom is -0.493 e. The molecule has 0 aliphatic rings. The Labute approximate surface area is 89.4 Å². The molecule has 0 fully saturated rings. The number of aliphatic hydroxyl groups is 1. The van der Waals surface area contributed by atoms with Crippen LogP contribution < -0.4 is 9.47 Å². The normalized spacial score (nSPS) is 12.3. The first-order valence-corrected chi connectivity index (χ1v) is 4.61. The fraction of sp³-hybridized carbons (Fsp3) is 0.455. The van der Waals surface area contributed by atoms with Gasteiger partial charge in [-0.3, -0.25) is 0 Å². The van der Waals surface area contributed by atoms with Gasteiger partial charge in [-0.2, -0.15) is 0 Å². The van der Waals surface area contributed by atoms with E-state index in [0.717, 1.165) is 5.56 Å². The van der Waals surface area contributed by atoms with E-state index in [1.807, 2.05) is 0 Å². The second-order valence-electron chi connectivity index (χ2n) is 3.09. The topological polar surface area (TPSA) is 47.9 Å². The third-order valence-electron chi connectivity index (χ3n) is 2.12. The molecule has 1 unspecified atom stereocenters. The standard InChI is InChI=1S/C11H16O4/c1-13-7-9(12)8-4-5-10(14-2)11(6-8)15-3/h4-6,9,12H,7H2,1-3H3. The summed E-state index contributed by atoms with van der Waals surface area (Å²) in [7, 11) is 4.68. The minimum absolute atomic E-state index is 0.259. The Morgan fingerprint density at radius 2 is 1.80 bits per heavy atom. The number of ether oxygens (including phenoxy) is 3. The van der Waals surface area contributed by atoms with Crippen molar-refractivity contribution in [1.29, 1.82) is 0 Å². The summed E-state index contributed by atoms with van der Waals surface area (Å²) in [6.07, 6.45) is -0.644. The van der Waals surface area contributed by atoms with Gasteiger partial charge in [0.15, 0.2) is 11.5 Å². The molecule has 0 aromatic heterocycles. The first-order chi connectivity index (χ1) is 7.22. The fourth-order valence-electron chi connectivity index (χ4n) is 1.31. The van der Waals surface area contributed by atoms with Crippen LogP contribution in [0.1, 0.15) is 11.7 Å². The molecule has 0 saturated heterocycles. The van der Waals surface area contributed by atoms with Crippen LogP contribution in [0.3, 0.4) is 0 Å². The molecule has 84 valence electrons. The smallest absolute Gasteiger partial charge is 0.161 e. The molecule has 4 nitrogen and oxygen atoms in total. The van der Waals surface area contributed by atoms with Crippen molar-refractivity contribution < 1.29 is 19.3 Å². The number of hydrogen-bond donors (Lipinski definition) is 1. The highest BCUT2D eigenvalue weighted by Crippen LogP contribution is 2.29. The van der Waals surface area contributed by atoms with Crippen LogP contribution in [0.4, 0.5) is 0 Å². The molecule has 0 heterocycles. The molecule has 1 aromatic rings. The van der Waals surface area contributed by atoms with E-state index in [4.69, 9.17) is 14.2 Å². The first kappa shape index (κ1) is 11.8. The summed E-state index contributed by atoms with van der Waals surface area (Å²) in [4.78, 5) is 0. The SMILES string of the molecule is COCC(O)c1ccc(OC)c(OC)c1. The van der Waals surface area contributed by atoms with Crippen LogP contribution in [0.15, 0.2) is 18.2 Å². The van der Waals surface area contributed by atoms with Crippen LogP contribution in [0.2, 0.25) is 0 Å². The molecule has 15 heavy (non-hydrogen) atoms. The molecule has 0 spiro atoms. The second kappa shape index (κ2) is 5.58. The highest BCUT2D eigenvalue weighted by molar-refractivity contribution is 5.43. The predicted molar refractivity (Wildman–Crippen MR) is 56.4 cm³/mol. The quantitative estimate of drug-likeness (QED) is 0.801. The van der Waals surface area contributed by atoms with Gasteiger partial charge in [-0.15, -0.1) is 0 Å². The van der Waals surface area contributed by atoms with Crippen LogP contribution in [-0.2, 0) is 4.74 Å². The zero-order valence-corrected chi connectivity index (χ0v) is 9.19. The number of rotatable bonds is 5. The van der Waals surface area contributed by atoms with Gasteiger partial charge in [-0.25, -0.2) is 0 Å². The molecule has 1 N–H and O–H groups in total. The maximum Gasteiger partial charge on any atom is 0.161 e. The fourth-order valence-corrected chi connectivity index (χ4v) is 1.31. The Kier molecular flexibility index (Phi) is 4.39. The lowest BCUT2D eigenvalue weighted by Crippen LogP contribution is -2.05. The summed E-state index contributed by atoms with van der Waals surface area (Å²) in [6, 6.07) is 5.28. The van der Waals surface area contributed by atoms with Gasteiger partial charge in [0, 0.05) is 7.11 Å². The van der Waals surface area contributed by atoms with Gasteiger partial charge in [0.25, 0.3) is 0 Å². The summed E-state index contributed by atoms with van der Waals surface area (Å²) in [5.41, 5.74) is 0.745. The van der Waals surface area contributed by atoms with Crippen molar-refractivity contribution in [3.63, 3.8) is 0 Å². The van der Waals surface area contributed by atoms with Crippen molar-refractivity contribution in [1.82, 2.24) is 0 Å². The summed E-state index contributed by atoms with van der Waals surface area (Å²) < 4.78 is 15.1. The maximum absolute atomic E-state index is 9.68. The van der Waals surface area contributed by atoms with Crippen LogP contribution in [-0.4, -0.2) is 33.0 Å². The van der Waals surface area contributed by atoms with Gasteiger partial charge in [0.05, 0.1) is 20.8 Å². The highest BCUT2D eigenvalue weighted by Gasteiger charge is 2.10. The van der Waals surface area contributed by atoms with Gasteiger partial charge in [0.1, 0.15) is 6.10 Å². The molecule has 1 aromatic carbocycles. The lowest BCUT2D eigenvalue weighted by molar-refractivity contribution is 0.0642. The third-order valence-corrected chi connectivity index (χ3v) is 2.12. The van der Waals surface area contributed by atoms with E-state index < -0.39 is 6.10 Å². The first-order valence-electron chi connectivity index (χ1n) is 4.61.